The van der Waals surface area contributed by atoms with Crippen molar-refractivity contribution in [3.05, 3.63) is 17.8 Å². The lowest BCUT2D eigenvalue weighted by Gasteiger charge is -2.16. The molecule has 2 saturated carbocycles. The number of carbonyl (C=O) groups is 1. The molecule has 1 aromatic rings. The van der Waals surface area contributed by atoms with E-state index in [1.54, 1.807) is 19.4 Å². The van der Waals surface area contributed by atoms with Gasteiger partial charge in [0.25, 0.3) is 0 Å². The first-order valence-electron chi connectivity index (χ1n) is 6.56. The third-order valence-corrected chi connectivity index (χ3v) is 3.89. The van der Waals surface area contributed by atoms with E-state index in [1.165, 1.54) is 12.8 Å². The number of carboxylic acid groups (broad SMARTS) is 1. The molecule has 0 bridgehead atoms. The Balaban J connectivity index is 1.91. The van der Waals surface area contributed by atoms with Gasteiger partial charge in [0.05, 0.1) is 25.3 Å². The molecule has 1 N–H and O–H groups in total. The molecule has 102 valence electrons. The molecule has 0 radical (unpaired) electrons. The van der Waals surface area contributed by atoms with Crippen LogP contribution in [0, 0.1) is 5.92 Å². The topological polar surface area (TPSA) is 68.7 Å². The predicted octanol–water partition coefficient (Wildman–Crippen LogP) is 2.00. The minimum atomic E-state index is -0.819. The van der Waals surface area contributed by atoms with Crippen molar-refractivity contribution in [1.29, 1.82) is 0 Å². The zero-order valence-corrected chi connectivity index (χ0v) is 10.9. The molecule has 1 heterocycles. The standard InChI is InChI=1S/C14H17NO4/c1-18-10-6-11(14(4-5-14)13(16)17)12(15-7-10)19-8-9-2-3-9/h6-7,9H,2-5,8H2,1H3,(H,16,17). The molecule has 3 rings (SSSR count). The first-order valence-corrected chi connectivity index (χ1v) is 6.56. The van der Waals surface area contributed by atoms with Gasteiger partial charge in [-0.05, 0) is 37.7 Å². The van der Waals surface area contributed by atoms with E-state index in [0.717, 1.165) is 0 Å². The van der Waals surface area contributed by atoms with E-state index in [0.29, 0.717) is 42.6 Å². The summed E-state index contributed by atoms with van der Waals surface area (Å²) in [5, 5.41) is 9.41. The number of hydrogen-bond donors (Lipinski definition) is 1. The van der Waals surface area contributed by atoms with Crippen LogP contribution in [0.25, 0.3) is 0 Å². The van der Waals surface area contributed by atoms with E-state index in [2.05, 4.69) is 4.98 Å². The van der Waals surface area contributed by atoms with Gasteiger partial charge in [-0.2, -0.15) is 0 Å². The minimum absolute atomic E-state index is 0.451. The number of ether oxygens (including phenoxy) is 2. The lowest BCUT2D eigenvalue weighted by Crippen LogP contribution is -2.21. The fourth-order valence-electron chi connectivity index (χ4n) is 2.21. The highest BCUT2D eigenvalue weighted by Gasteiger charge is 2.54. The van der Waals surface area contributed by atoms with Gasteiger partial charge in [-0.15, -0.1) is 0 Å². The van der Waals surface area contributed by atoms with E-state index < -0.39 is 11.4 Å². The SMILES string of the molecule is COc1cnc(OCC2CC2)c(C2(C(=O)O)CC2)c1. The van der Waals surface area contributed by atoms with Gasteiger partial charge < -0.3 is 14.6 Å². The summed E-state index contributed by atoms with van der Waals surface area (Å²) < 4.78 is 10.8. The Labute approximate surface area is 111 Å². The van der Waals surface area contributed by atoms with Crippen molar-refractivity contribution >= 4 is 5.97 Å². The first kappa shape index (κ1) is 12.3. The average Bonchev–Trinajstić information content (AvgIpc) is 3.29. The Morgan fingerprint density at radius 3 is 2.79 bits per heavy atom. The normalized spacial score (nSPS) is 19.8. The monoisotopic (exact) mass is 263 g/mol. The van der Waals surface area contributed by atoms with E-state index in [9.17, 15) is 9.90 Å². The summed E-state index contributed by atoms with van der Waals surface area (Å²) in [7, 11) is 1.55. The third-order valence-electron chi connectivity index (χ3n) is 3.89. The highest BCUT2D eigenvalue weighted by atomic mass is 16.5. The Bertz CT molecular complexity index is 506. The molecule has 2 aliphatic rings. The summed E-state index contributed by atoms with van der Waals surface area (Å²) in [5.74, 6) is 0.824. The van der Waals surface area contributed by atoms with Gasteiger partial charge in [-0.1, -0.05) is 0 Å². The van der Waals surface area contributed by atoms with E-state index in [1.807, 2.05) is 0 Å². The van der Waals surface area contributed by atoms with Crippen LogP contribution in [0.2, 0.25) is 0 Å². The van der Waals surface area contributed by atoms with Crippen LogP contribution in [-0.4, -0.2) is 29.8 Å². The molecule has 2 aliphatic carbocycles. The maximum atomic E-state index is 11.5. The zero-order valence-electron chi connectivity index (χ0n) is 10.9. The van der Waals surface area contributed by atoms with Crippen molar-refractivity contribution in [2.75, 3.05) is 13.7 Å². The Kier molecular flexibility index (Phi) is 2.84. The van der Waals surface area contributed by atoms with Crippen molar-refractivity contribution in [1.82, 2.24) is 4.98 Å². The van der Waals surface area contributed by atoms with Crippen LogP contribution < -0.4 is 9.47 Å². The maximum Gasteiger partial charge on any atom is 0.314 e. The second-order valence-corrected chi connectivity index (χ2v) is 5.37. The summed E-state index contributed by atoms with van der Waals surface area (Å²) >= 11 is 0. The minimum Gasteiger partial charge on any atom is -0.495 e. The van der Waals surface area contributed by atoms with Crippen LogP contribution in [-0.2, 0) is 10.2 Å². The molecule has 0 spiro atoms. The Hall–Kier alpha value is -1.78. The van der Waals surface area contributed by atoms with E-state index >= 15 is 0 Å². The summed E-state index contributed by atoms with van der Waals surface area (Å²) in [4.78, 5) is 15.7. The summed E-state index contributed by atoms with van der Waals surface area (Å²) in [6, 6.07) is 1.75. The summed E-state index contributed by atoms with van der Waals surface area (Å²) in [6.07, 6.45) is 5.22. The number of methoxy groups -OCH3 is 1. The number of rotatable bonds is 6. The van der Waals surface area contributed by atoms with Gasteiger partial charge in [-0.25, -0.2) is 4.98 Å². The predicted molar refractivity (Wildman–Crippen MR) is 67.6 cm³/mol. The molecule has 0 unspecified atom stereocenters. The number of aromatic nitrogens is 1. The van der Waals surface area contributed by atoms with Crippen molar-refractivity contribution in [2.24, 2.45) is 5.92 Å². The molecule has 2 fully saturated rings. The summed E-state index contributed by atoms with van der Waals surface area (Å²) in [5.41, 5.74) is -0.166. The van der Waals surface area contributed by atoms with Crippen LogP contribution in [0.4, 0.5) is 0 Å². The maximum absolute atomic E-state index is 11.5. The molecule has 0 saturated heterocycles. The number of nitrogens with zero attached hydrogens (tertiary/aromatic N) is 1. The Morgan fingerprint density at radius 1 is 1.53 bits per heavy atom. The van der Waals surface area contributed by atoms with Gasteiger partial charge >= 0.3 is 5.97 Å². The van der Waals surface area contributed by atoms with E-state index in [-0.39, 0.29) is 0 Å². The van der Waals surface area contributed by atoms with Crippen molar-refractivity contribution < 1.29 is 19.4 Å². The third kappa shape index (κ3) is 2.25. The lowest BCUT2D eigenvalue weighted by molar-refractivity contribution is -0.140. The number of carboxylic acids is 1. The molecule has 5 heteroatoms. The van der Waals surface area contributed by atoms with Crippen molar-refractivity contribution in [2.45, 2.75) is 31.1 Å². The molecular weight excluding hydrogens is 246 g/mol. The molecule has 0 amide bonds. The van der Waals surface area contributed by atoms with Crippen molar-refractivity contribution in [3.8, 4) is 11.6 Å². The van der Waals surface area contributed by atoms with Gasteiger partial charge in [-0.3, -0.25) is 4.79 Å². The molecule has 0 atom stereocenters. The molecule has 0 aliphatic heterocycles. The zero-order chi connectivity index (χ0) is 13.5. The molecule has 5 nitrogen and oxygen atoms in total. The number of pyridine rings is 1. The van der Waals surface area contributed by atoms with Crippen LogP contribution in [0.3, 0.4) is 0 Å². The van der Waals surface area contributed by atoms with Gasteiger partial charge in [0.1, 0.15) is 5.75 Å². The van der Waals surface area contributed by atoms with Crippen LogP contribution in [0.1, 0.15) is 31.2 Å². The molecule has 1 aromatic heterocycles. The smallest absolute Gasteiger partial charge is 0.314 e. The van der Waals surface area contributed by atoms with Crippen LogP contribution >= 0.6 is 0 Å². The fourth-order valence-corrected chi connectivity index (χ4v) is 2.21. The van der Waals surface area contributed by atoms with Crippen LogP contribution in [0.5, 0.6) is 11.6 Å². The van der Waals surface area contributed by atoms with Gasteiger partial charge in [0, 0.05) is 5.56 Å². The molecule has 0 aromatic carbocycles. The first-order chi connectivity index (χ1) is 9.15. The Morgan fingerprint density at radius 2 is 2.26 bits per heavy atom. The average molecular weight is 263 g/mol. The number of aliphatic carboxylic acids is 1. The lowest BCUT2D eigenvalue weighted by atomic mass is 9.97. The second kappa shape index (κ2) is 4.40. The highest BCUT2D eigenvalue weighted by Crippen LogP contribution is 2.52. The second-order valence-electron chi connectivity index (χ2n) is 5.37. The van der Waals surface area contributed by atoms with Gasteiger partial charge in [0.2, 0.25) is 5.88 Å². The number of hydrogen-bond acceptors (Lipinski definition) is 4. The van der Waals surface area contributed by atoms with Crippen LogP contribution in [0.15, 0.2) is 12.3 Å². The highest BCUT2D eigenvalue weighted by molar-refractivity contribution is 5.85. The van der Waals surface area contributed by atoms with Gasteiger partial charge in [0.15, 0.2) is 0 Å². The van der Waals surface area contributed by atoms with Crippen molar-refractivity contribution in [3.63, 3.8) is 0 Å². The quantitative estimate of drug-likeness (QED) is 0.850. The largest absolute Gasteiger partial charge is 0.495 e. The fraction of sp³-hybridized carbons (Fsp3) is 0.571. The molecule has 19 heavy (non-hydrogen) atoms. The van der Waals surface area contributed by atoms with E-state index in [4.69, 9.17) is 9.47 Å². The summed E-state index contributed by atoms with van der Waals surface area (Å²) in [6.45, 7) is 0.627. The molecular formula is C14H17NO4.